The lowest BCUT2D eigenvalue weighted by Gasteiger charge is -2.26. The number of hydrogen-bond acceptors (Lipinski definition) is 6. The first kappa shape index (κ1) is 26.7. The summed E-state index contributed by atoms with van der Waals surface area (Å²) in [6.07, 6.45) is 4.27. The van der Waals surface area contributed by atoms with Crippen molar-refractivity contribution < 1.29 is 29.0 Å². The average molecular weight is 514 g/mol. The van der Waals surface area contributed by atoms with Crippen molar-refractivity contribution in [3.05, 3.63) is 101 Å². The van der Waals surface area contributed by atoms with Crippen LogP contribution in [0.15, 0.2) is 84.4 Å². The number of rotatable bonds is 10. The number of methoxy groups -OCH3 is 1. The zero-order valence-corrected chi connectivity index (χ0v) is 21.6. The van der Waals surface area contributed by atoms with Gasteiger partial charge in [-0.25, -0.2) is 4.79 Å². The number of carbonyl (C=O) groups excluding carboxylic acids is 3. The summed E-state index contributed by atoms with van der Waals surface area (Å²) in [5, 5.41) is 11.2. The van der Waals surface area contributed by atoms with Crippen LogP contribution in [0, 0.1) is 0 Å². The highest BCUT2D eigenvalue weighted by Crippen LogP contribution is 2.42. The fourth-order valence-electron chi connectivity index (χ4n) is 4.53. The minimum atomic E-state index is -0.915. The number of amides is 1. The lowest BCUT2D eigenvalue weighted by Crippen LogP contribution is -2.29. The molecule has 3 aromatic rings. The van der Waals surface area contributed by atoms with Crippen molar-refractivity contribution >= 4 is 29.1 Å². The molecular formula is C31H31NO6. The van der Waals surface area contributed by atoms with Gasteiger partial charge in [0.2, 0.25) is 0 Å². The molecule has 1 fully saturated rings. The SMILES string of the molecule is CCCCCCOc1cccc(N2C(=O)C(=O)/C(=C(/O)c3ccccc3)C2c2ccc(C(=O)OC)cc2)c1. The van der Waals surface area contributed by atoms with Crippen molar-refractivity contribution in [2.24, 2.45) is 0 Å². The van der Waals surface area contributed by atoms with Gasteiger partial charge < -0.3 is 14.6 Å². The Kier molecular flexibility index (Phi) is 8.58. The quantitative estimate of drug-likeness (QED) is 0.116. The Morgan fingerprint density at radius 2 is 1.63 bits per heavy atom. The van der Waals surface area contributed by atoms with Crippen molar-refractivity contribution in [2.75, 3.05) is 18.6 Å². The lowest BCUT2D eigenvalue weighted by molar-refractivity contribution is -0.132. The van der Waals surface area contributed by atoms with Crippen LogP contribution in [-0.4, -0.2) is 36.5 Å². The smallest absolute Gasteiger partial charge is 0.337 e. The number of benzene rings is 3. The summed E-state index contributed by atoms with van der Waals surface area (Å²) in [6, 6.07) is 21.2. The van der Waals surface area contributed by atoms with Crippen molar-refractivity contribution in [3.8, 4) is 5.75 Å². The summed E-state index contributed by atoms with van der Waals surface area (Å²) in [5.74, 6) is -1.73. The van der Waals surface area contributed by atoms with E-state index < -0.39 is 23.7 Å². The number of hydrogen-bond donors (Lipinski definition) is 1. The van der Waals surface area contributed by atoms with Crippen LogP contribution in [0.2, 0.25) is 0 Å². The third-order valence-corrected chi connectivity index (χ3v) is 6.50. The molecule has 4 rings (SSSR count). The molecule has 1 aliphatic heterocycles. The fraction of sp³-hybridized carbons (Fsp3) is 0.258. The summed E-state index contributed by atoms with van der Waals surface area (Å²) < 4.78 is 10.7. The van der Waals surface area contributed by atoms with Gasteiger partial charge in [-0.2, -0.15) is 0 Å². The molecule has 0 radical (unpaired) electrons. The number of carbonyl (C=O) groups is 3. The first-order valence-corrected chi connectivity index (χ1v) is 12.7. The predicted molar refractivity (Wildman–Crippen MR) is 145 cm³/mol. The average Bonchev–Trinajstić information content (AvgIpc) is 3.22. The van der Waals surface area contributed by atoms with Gasteiger partial charge in [0.05, 0.1) is 30.9 Å². The highest BCUT2D eigenvalue weighted by Gasteiger charge is 2.47. The van der Waals surface area contributed by atoms with Crippen LogP contribution in [-0.2, 0) is 14.3 Å². The van der Waals surface area contributed by atoms with Crippen molar-refractivity contribution in [1.29, 1.82) is 0 Å². The normalized spacial score (nSPS) is 16.5. The number of nitrogens with zero attached hydrogens (tertiary/aromatic N) is 1. The number of ether oxygens (including phenoxy) is 2. The number of Topliss-reactive ketones (excluding diaryl/α,β-unsaturated/α-hetero) is 1. The van der Waals surface area contributed by atoms with E-state index in [-0.39, 0.29) is 11.3 Å². The van der Waals surface area contributed by atoms with Gasteiger partial charge in [0, 0.05) is 17.3 Å². The monoisotopic (exact) mass is 513 g/mol. The van der Waals surface area contributed by atoms with Gasteiger partial charge >= 0.3 is 5.97 Å². The maximum Gasteiger partial charge on any atom is 0.337 e. The minimum absolute atomic E-state index is 0.0297. The molecule has 38 heavy (non-hydrogen) atoms. The van der Waals surface area contributed by atoms with Gasteiger partial charge in [0.25, 0.3) is 11.7 Å². The Morgan fingerprint density at radius 1 is 0.895 bits per heavy atom. The van der Waals surface area contributed by atoms with Crippen LogP contribution in [0.1, 0.15) is 60.1 Å². The van der Waals surface area contributed by atoms with Crippen LogP contribution in [0.4, 0.5) is 5.69 Å². The van der Waals surface area contributed by atoms with E-state index >= 15 is 0 Å². The molecule has 0 aromatic heterocycles. The predicted octanol–water partition coefficient (Wildman–Crippen LogP) is 6.06. The van der Waals surface area contributed by atoms with Crippen molar-refractivity contribution in [2.45, 2.75) is 38.6 Å². The van der Waals surface area contributed by atoms with Crippen LogP contribution >= 0.6 is 0 Å². The Balaban J connectivity index is 1.76. The molecule has 0 spiro atoms. The van der Waals surface area contributed by atoms with Crippen LogP contribution in [0.5, 0.6) is 5.75 Å². The molecule has 1 saturated heterocycles. The largest absolute Gasteiger partial charge is 0.507 e. The first-order chi connectivity index (χ1) is 18.5. The van der Waals surface area contributed by atoms with Gasteiger partial charge in [-0.1, -0.05) is 74.7 Å². The lowest BCUT2D eigenvalue weighted by atomic mass is 9.94. The zero-order chi connectivity index (χ0) is 27.1. The summed E-state index contributed by atoms with van der Waals surface area (Å²) >= 11 is 0. The molecule has 1 N–H and O–H groups in total. The molecule has 3 aromatic carbocycles. The number of ketones is 1. The van der Waals surface area contributed by atoms with Crippen LogP contribution in [0.25, 0.3) is 5.76 Å². The summed E-state index contributed by atoms with van der Waals surface area (Å²) in [7, 11) is 1.30. The van der Waals surface area contributed by atoms with Gasteiger partial charge in [-0.05, 0) is 36.2 Å². The Labute approximate surface area is 222 Å². The molecule has 0 aliphatic carbocycles. The maximum atomic E-state index is 13.4. The Morgan fingerprint density at radius 3 is 2.32 bits per heavy atom. The standard InChI is InChI=1S/C31H31NO6/c1-3-4-5-9-19-38-25-14-10-13-24(20-25)32-27(21-15-17-23(18-16-21)31(36)37-2)26(29(34)30(32)35)28(33)22-11-7-6-8-12-22/h6-8,10-18,20,27,33H,3-5,9,19H2,1-2H3/b28-26+. The van der Waals surface area contributed by atoms with E-state index in [9.17, 15) is 19.5 Å². The second kappa shape index (κ2) is 12.2. The molecule has 0 bridgehead atoms. The molecule has 7 nitrogen and oxygen atoms in total. The van der Waals surface area contributed by atoms with E-state index in [0.29, 0.717) is 34.7 Å². The van der Waals surface area contributed by atoms with Gasteiger partial charge in [-0.15, -0.1) is 0 Å². The van der Waals surface area contributed by atoms with E-state index in [4.69, 9.17) is 9.47 Å². The summed E-state index contributed by atoms with van der Waals surface area (Å²) in [4.78, 5) is 40.1. The molecule has 1 atom stereocenters. The minimum Gasteiger partial charge on any atom is -0.507 e. The van der Waals surface area contributed by atoms with Gasteiger partial charge in [0.1, 0.15) is 11.5 Å². The highest BCUT2D eigenvalue weighted by atomic mass is 16.5. The van der Waals surface area contributed by atoms with Crippen molar-refractivity contribution in [3.63, 3.8) is 0 Å². The van der Waals surface area contributed by atoms with E-state index in [1.54, 1.807) is 72.8 Å². The van der Waals surface area contributed by atoms with E-state index in [0.717, 1.165) is 25.7 Å². The van der Waals surface area contributed by atoms with Gasteiger partial charge in [-0.3, -0.25) is 14.5 Å². The van der Waals surface area contributed by atoms with E-state index in [1.165, 1.54) is 12.0 Å². The first-order valence-electron chi connectivity index (χ1n) is 12.7. The number of unbranched alkanes of at least 4 members (excludes halogenated alkanes) is 3. The van der Waals surface area contributed by atoms with Crippen LogP contribution < -0.4 is 9.64 Å². The van der Waals surface area contributed by atoms with E-state index in [1.807, 2.05) is 6.07 Å². The number of esters is 1. The number of aliphatic hydroxyl groups is 1. The summed E-state index contributed by atoms with van der Waals surface area (Å²) in [5.41, 5.74) is 1.74. The fourth-order valence-corrected chi connectivity index (χ4v) is 4.53. The number of anilines is 1. The van der Waals surface area contributed by atoms with E-state index in [2.05, 4.69) is 6.92 Å². The molecular weight excluding hydrogens is 482 g/mol. The molecule has 1 aliphatic rings. The van der Waals surface area contributed by atoms with Gasteiger partial charge in [0.15, 0.2) is 0 Å². The maximum absolute atomic E-state index is 13.4. The molecule has 7 heteroatoms. The topological polar surface area (TPSA) is 93.1 Å². The highest BCUT2D eigenvalue weighted by molar-refractivity contribution is 6.51. The van der Waals surface area contributed by atoms with Crippen LogP contribution in [0.3, 0.4) is 0 Å². The molecule has 196 valence electrons. The molecule has 0 saturated carbocycles. The number of aliphatic hydroxyl groups excluding tert-OH is 1. The molecule has 1 heterocycles. The second-order valence-electron chi connectivity index (χ2n) is 9.06. The zero-order valence-electron chi connectivity index (χ0n) is 21.6. The summed E-state index contributed by atoms with van der Waals surface area (Å²) in [6.45, 7) is 2.70. The Hall–Kier alpha value is -4.39. The third-order valence-electron chi connectivity index (χ3n) is 6.50. The third kappa shape index (κ3) is 5.62. The second-order valence-corrected chi connectivity index (χ2v) is 9.06. The molecule has 1 unspecified atom stereocenters. The Bertz CT molecular complexity index is 1330. The van der Waals surface area contributed by atoms with Crippen molar-refractivity contribution in [1.82, 2.24) is 0 Å². The molecule has 1 amide bonds.